The van der Waals surface area contributed by atoms with E-state index in [0.717, 1.165) is 40.0 Å². The summed E-state index contributed by atoms with van der Waals surface area (Å²) in [6.07, 6.45) is 2.98. The Morgan fingerprint density at radius 1 is 1.12 bits per heavy atom. The van der Waals surface area contributed by atoms with Crippen LogP contribution in [0.25, 0.3) is 10.8 Å². The summed E-state index contributed by atoms with van der Waals surface area (Å²) >= 11 is 6.00. The Bertz CT molecular complexity index is 981. The van der Waals surface area contributed by atoms with Crippen molar-refractivity contribution in [3.8, 4) is 0 Å². The van der Waals surface area contributed by atoms with Crippen LogP contribution >= 0.6 is 11.6 Å². The van der Waals surface area contributed by atoms with Crippen LogP contribution in [0, 0.1) is 0 Å². The van der Waals surface area contributed by atoms with E-state index in [0.29, 0.717) is 19.0 Å². The maximum Gasteiger partial charge on any atom is 0.274 e. The molecular formula is C21H22ClN3O. The molecule has 2 aromatic carbocycles. The Morgan fingerprint density at radius 3 is 2.54 bits per heavy atom. The molecule has 0 N–H and O–H groups in total. The van der Waals surface area contributed by atoms with E-state index in [2.05, 4.69) is 11.9 Å². The molecule has 0 radical (unpaired) electrons. The van der Waals surface area contributed by atoms with Crippen LogP contribution in [0.15, 0.2) is 53.3 Å². The van der Waals surface area contributed by atoms with Crippen molar-refractivity contribution in [3.05, 3.63) is 75.2 Å². The van der Waals surface area contributed by atoms with Gasteiger partial charge in [-0.2, -0.15) is 5.10 Å². The van der Waals surface area contributed by atoms with Gasteiger partial charge in [0, 0.05) is 22.9 Å². The van der Waals surface area contributed by atoms with Gasteiger partial charge < -0.3 is 4.90 Å². The second-order valence-corrected chi connectivity index (χ2v) is 7.50. The van der Waals surface area contributed by atoms with Gasteiger partial charge in [0.2, 0.25) is 0 Å². The molecule has 0 aliphatic carbocycles. The molecular weight excluding hydrogens is 346 g/mol. The Balaban J connectivity index is 1.76. The number of hydrogen-bond acceptors (Lipinski definition) is 3. The number of hydrogen-bond donors (Lipinski definition) is 0. The van der Waals surface area contributed by atoms with Crippen LogP contribution < -0.4 is 5.56 Å². The van der Waals surface area contributed by atoms with Crippen molar-refractivity contribution >= 4 is 22.4 Å². The number of halogens is 1. The van der Waals surface area contributed by atoms with Crippen LogP contribution in [-0.4, -0.2) is 34.3 Å². The number of likely N-dealkylation sites (tertiary alicyclic amines) is 1. The summed E-state index contributed by atoms with van der Waals surface area (Å²) in [5.74, 6) is 0. The lowest BCUT2D eigenvalue weighted by molar-refractivity contribution is 0.270. The highest BCUT2D eigenvalue weighted by Crippen LogP contribution is 2.20. The molecule has 0 bridgehead atoms. The summed E-state index contributed by atoms with van der Waals surface area (Å²) in [4.78, 5) is 15.3. The molecule has 0 amide bonds. The van der Waals surface area contributed by atoms with Gasteiger partial charge in [-0.3, -0.25) is 4.79 Å². The van der Waals surface area contributed by atoms with E-state index < -0.39 is 0 Å². The van der Waals surface area contributed by atoms with Gasteiger partial charge in [-0.1, -0.05) is 41.9 Å². The summed E-state index contributed by atoms with van der Waals surface area (Å²) in [5, 5.41) is 7.16. The molecule has 1 aliphatic rings. The van der Waals surface area contributed by atoms with Crippen LogP contribution in [-0.2, 0) is 13.0 Å². The van der Waals surface area contributed by atoms with Crippen LogP contribution in [0.3, 0.4) is 0 Å². The quantitative estimate of drug-likeness (QED) is 0.705. The van der Waals surface area contributed by atoms with Crippen molar-refractivity contribution in [2.45, 2.75) is 31.8 Å². The number of fused-ring (bicyclic) bond motifs is 1. The van der Waals surface area contributed by atoms with Gasteiger partial charge >= 0.3 is 0 Å². The van der Waals surface area contributed by atoms with E-state index in [4.69, 9.17) is 16.7 Å². The molecule has 134 valence electrons. The van der Waals surface area contributed by atoms with Gasteiger partial charge in [0.05, 0.1) is 17.6 Å². The second kappa shape index (κ2) is 7.22. The van der Waals surface area contributed by atoms with Crippen LogP contribution in [0.4, 0.5) is 0 Å². The molecule has 1 aliphatic heterocycles. The van der Waals surface area contributed by atoms with Crippen LogP contribution in [0.1, 0.15) is 24.1 Å². The summed E-state index contributed by atoms with van der Waals surface area (Å²) in [7, 11) is 2.12. The largest absolute Gasteiger partial charge is 0.302 e. The molecule has 0 spiro atoms. The monoisotopic (exact) mass is 367 g/mol. The first-order chi connectivity index (χ1) is 12.6. The van der Waals surface area contributed by atoms with Crippen molar-refractivity contribution < 1.29 is 0 Å². The number of aromatic nitrogens is 2. The Hall–Kier alpha value is -2.17. The lowest BCUT2D eigenvalue weighted by Crippen LogP contribution is -2.35. The first-order valence-corrected chi connectivity index (χ1v) is 9.43. The second-order valence-electron chi connectivity index (χ2n) is 7.06. The van der Waals surface area contributed by atoms with Gasteiger partial charge in [0.1, 0.15) is 0 Å². The fourth-order valence-corrected chi connectivity index (χ4v) is 3.89. The van der Waals surface area contributed by atoms with Gasteiger partial charge in [-0.05, 0) is 50.2 Å². The van der Waals surface area contributed by atoms with Crippen molar-refractivity contribution in [1.29, 1.82) is 0 Å². The van der Waals surface area contributed by atoms with Crippen molar-refractivity contribution in [2.75, 3.05) is 13.6 Å². The molecule has 0 unspecified atom stereocenters. The Labute approximate surface area is 158 Å². The van der Waals surface area contributed by atoms with E-state index in [-0.39, 0.29) is 5.56 Å². The topological polar surface area (TPSA) is 38.1 Å². The van der Waals surface area contributed by atoms with Crippen LogP contribution in [0.5, 0.6) is 0 Å². The summed E-state index contributed by atoms with van der Waals surface area (Å²) in [5.41, 5.74) is 2.07. The van der Waals surface area contributed by atoms with E-state index >= 15 is 0 Å². The molecule has 4 nitrogen and oxygen atoms in total. The molecule has 1 aromatic heterocycles. The Morgan fingerprint density at radius 2 is 1.85 bits per heavy atom. The first-order valence-electron chi connectivity index (χ1n) is 9.05. The van der Waals surface area contributed by atoms with E-state index in [9.17, 15) is 4.79 Å². The van der Waals surface area contributed by atoms with Crippen molar-refractivity contribution in [2.24, 2.45) is 0 Å². The third-order valence-corrected chi connectivity index (χ3v) is 5.54. The minimum Gasteiger partial charge on any atom is -0.302 e. The van der Waals surface area contributed by atoms with E-state index in [1.54, 1.807) is 4.68 Å². The number of rotatable bonds is 4. The molecule has 1 atom stereocenters. The highest BCUT2D eigenvalue weighted by molar-refractivity contribution is 6.30. The molecule has 3 aromatic rings. The summed E-state index contributed by atoms with van der Waals surface area (Å²) in [6, 6.07) is 16.0. The fraction of sp³-hybridized carbons (Fsp3) is 0.333. The van der Waals surface area contributed by atoms with E-state index in [1.165, 1.54) is 6.42 Å². The minimum absolute atomic E-state index is 0.000700. The Kier molecular flexibility index (Phi) is 4.79. The standard InChI is InChI=1S/C21H22ClN3O/c1-24-12-4-5-17(24)14-25-21(26)19-7-3-2-6-18(19)20(23-25)13-15-8-10-16(22)11-9-15/h2-3,6-11,17H,4-5,12-14H2,1H3/t17-/m0/s1. The van der Waals surface area contributed by atoms with Gasteiger partial charge in [-0.25, -0.2) is 4.68 Å². The van der Waals surface area contributed by atoms with Gasteiger partial charge in [0.15, 0.2) is 0 Å². The smallest absolute Gasteiger partial charge is 0.274 e. The van der Waals surface area contributed by atoms with Crippen molar-refractivity contribution in [1.82, 2.24) is 14.7 Å². The van der Waals surface area contributed by atoms with E-state index in [1.807, 2.05) is 48.5 Å². The summed E-state index contributed by atoms with van der Waals surface area (Å²) in [6.45, 7) is 1.73. The summed E-state index contributed by atoms with van der Waals surface area (Å²) < 4.78 is 1.67. The van der Waals surface area contributed by atoms with Crippen LogP contribution in [0.2, 0.25) is 5.02 Å². The fourth-order valence-electron chi connectivity index (χ4n) is 3.76. The number of nitrogens with zero attached hydrogens (tertiary/aromatic N) is 3. The van der Waals surface area contributed by atoms with Gasteiger partial charge in [-0.15, -0.1) is 0 Å². The molecule has 26 heavy (non-hydrogen) atoms. The van der Waals surface area contributed by atoms with Gasteiger partial charge in [0.25, 0.3) is 5.56 Å². The zero-order valence-corrected chi connectivity index (χ0v) is 15.6. The predicted octanol–water partition coefficient (Wildman–Crippen LogP) is 3.73. The zero-order chi connectivity index (χ0) is 18.1. The first kappa shape index (κ1) is 17.3. The number of likely N-dealkylation sites (N-methyl/N-ethyl adjacent to an activating group) is 1. The average molecular weight is 368 g/mol. The molecule has 1 fully saturated rings. The maximum atomic E-state index is 12.9. The minimum atomic E-state index is 0.000700. The van der Waals surface area contributed by atoms with Crippen molar-refractivity contribution in [3.63, 3.8) is 0 Å². The molecule has 1 saturated heterocycles. The zero-order valence-electron chi connectivity index (χ0n) is 14.9. The third kappa shape index (κ3) is 3.39. The number of benzene rings is 2. The highest BCUT2D eigenvalue weighted by atomic mass is 35.5. The molecule has 5 heteroatoms. The lowest BCUT2D eigenvalue weighted by atomic mass is 10.0. The predicted molar refractivity (Wildman–Crippen MR) is 106 cm³/mol. The maximum absolute atomic E-state index is 12.9. The third-order valence-electron chi connectivity index (χ3n) is 5.28. The SMILES string of the molecule is CN1CCC[C@H]1Cn1nc(Cc2ccc(Cl)cc2)c2ccccc2c1=O. The average Bonchev–Trinajstić information content (AvgIpc) is 3.05. The highest BCUT2D eigenvalue weighted by Gasteiger charge is 2.22. The normalized spacial score (nSPS) is 17.8. The molecule has 2 heterocycles. The molecule has 4 rings (SSSR count). The molecule has 0 saturated carbocycles. The lowest BCUT2D eigenvalue weighted by Gasteiger charge is -2.20.